The first-order valence-electron chi connectivity index (χ1n) is 3.04. The molecule has 0 aromatic carbocycles. The average molecular weight is 141 g/mol. The normalized spacial score (nSPS) is 12.8. The topological polar surface area (TPSA) is 44.4 Å². The van der Waals surface area contributed by atoms with Crippen molar-refractivity contribution in [3.63, 3.8) is 0 Å². The fourth-order valence-corrected chi connectivity index (χ4v) is 0.318. The van der Waals surface area contributed by atoms with Gasteiger partial charge in [-0.15, -0.1) is 0 Å². The lowest BCUT2D eigenvalue weighted by Gasteiger charge is -2.21. The van der Waals surface area contributed by atoms with Gasteiger partial charge in [-0.3, -0.25) is 5.43 Å². The Balaban J connectivity index is 3.57. The fourth-order valence-electron chi connectivity index (χ4n) is 0.318. The molecule has 0 fully saturated rings. The summed E-state index contributed by atoms with van der Waals surface area (Å²) in [5.41, 5.74) is 2.49. The van der Waals surface area contributed by atoms with Crippen molar-refractivity contribution in [2.24, 2.45) is 0 Å². The zero-order chi connectivity index (χ0) is 8.15. The van der Waals surface area contributed by atoms with Gasteiger partial charge >= 0.3 is 6.03 Å². The van der Waals surface area contributed by atoms with Crippen LogP contribution < -0.4 is 10.7 Å². The smallest absolute Gasteiger partial charge is 0.329 e. The molecule has 0 aromatic heterocycles. The molecule has 1 unspecified atom stereocenters. The molecule has 2 N–H and O–H groups in total. The Morgan fingerprint density at radius 3 is 2.50 bits per heavy atom. The van der Waals surface area contributed by atoms with Gasteiger partial charge in [-0.05, 0) is 5.94 Å². The van der Waals surface area contributed by atoms with Gasteiger partial charge in [0, 0.05) is 14.1 Å². The maximum absolute atomic E-state index is 10.6. The number of carbonyl (C=O) groups excluding carboxylic acids is 1. The third kappa shape index (κ3) is 3.35. The third-order valence-electron chi connectivity index (χ3n) is 1.12. The second kappa shape index (κ2) is 4.16. The predicted molar refractivity (Wildman–Crippen MR) is 40.6 cm³/mol. The molecule has 0 rings (SSSR count). The fraction of sp³-hybridized carbons (Fsp3) is 0.800. The molecule has 0 aliphatic carbocycles. The maximum atomic E-state index is 10.6. The summed E-state index contributed by atoms with van der Waals surface area (Å²) in [6.07, 6.45) is 0. The quantitative estimate of drug-likeness (QED) is 0.393. The third-order valence-corrected chi connectivity index (χ3v) is 1.12. The predicted octanol–water partition coefficient (Wildman–Crippen LogP) is -0.723. The molecule has 1 atom stereocenters. The van der Waals surface area contributed by atoms with E-state index >= 15 is 0 Å². The van der Waals surface area contributed by atoms with Crippen molar-refractivity contribution in [3.05, 3.63) is 0 Å². The van der Waals surface area contributed by atoms with Crippen LogP contribution in [0.1, 0.15) is 6.92 Å². The molecular formula is C5H12BN3O. The second-order valence-electron chi connectivity index (χ2n) is 2.04. The van der Waals surface area contributed by atoms with Gasteiger partial charge < -0.3 is 5.32 Å². The van der Waals surface area contributed by atoms with Crippen LogP contribution in [0.25, 0.3) is 0 Å². The highest BCUT2D eigenvalue weighted by Gasteiger charge is 2.03. The second-order valence-corrected chi connectivity index (χ2v) is 2.04. The molecule has 0 saturated heterocycles. The number of hydrogen-bond acceptors (Lipinski definition) is 2. The van der Waals surface area contributed by atoms with Crippen molar-refractivity contribution in [3.8, 4) is 0 Å². The monoisotopic (exact) mass is 141 g/mol. The molecule has 0 aliphatic heterocycles. The van der Waals surface area contributed by atoms with Crippen LogP contribution in [0.15, 0.2) is 0 Å². The number of carbonyl (C=O) groups is 1. The SMILES string of the molecule is [B]C(C)N(C)NC(=O)NC. The van der Waals surface area contributed by atoms with E-state index in [1.54, 1.807) is 21.0 Å². The Morgan fingerprint density at radius 2 is 2.20 bits per heavy atom. The standard InChI is InChI=1S/C5H12BN3O/c1-4(6)9(3)8-5(10)7-2/h4H,1-3H3,(H2,7,8,10). The summed E-state index contributed by atoms with van der Waals surface area (Å²) < 4.78 is 0. The van der Waals surface area contributed by atoms with Crippen LogP contribution in [0.5, 0.6) is 0 Å². The Kier molecular flexibility index (Phi) is 3.87. The van der Waals surface area contributed by atoms with Gasteiger partial charge in [-0.25, -0.2) is 9.80 Å². The zero-order valence-electron chi connectivity index (χ0n) is 6.51. The number of rotatable bonds is 2. The van der Waals surface area contributed by atoms with E-state index in [-0.39, 0.29) is 12.0 Å². The minimum atomic E-state index is -0.264. The van der Waals surface area contributed by atoms with Gasteiger partial charge in [0.15, 0.2) is 0 Å². The first kappa shape index (κ1) is 9.29. The maximum Gasteiger partial charge on any atom is 0.329 e. The minimum Gasteiger partial charge on any atom is -0.340 e. The molecule has 0 bridgehead atoms. The van der Waals surface area contributed by atoms with E-state index < -0.39 is 0 Å². The van der Waals surface area contributed by atoms with Crippen molar-refractivity contribution in [2.45, 2.75) is 12.9 Å². The van der Waals surface area contributed by atoms with E-state index in [0.717, 1.165) is 0 Å². The summed E-state index contributed by atoms with van der Waals surface area (Å²) in [5, 5.41) is 3.92. The van der Waals surface area contributed by atoms with Crippen LogP contribution in [0.4, 0.5) is 4.79 Å². The average Bonchev–Trinajstić information content (AvgIpc) is 1.87. The Bertz CT molecular complexity index is 117. The van der Waals surface area contributed by atoms with Crippen LogP contribution in [0, 0.1) is 0 Å². The van der Waals surface area contributed by atoms with E-state index in [4.69, 9.17) is 7.85 Å². The lowest BCUT2D eigenvalue weighted by Crippen LogP contribution is -2.48. The molecule has 0 aliphatic rings. The first-order valence-corrected chi connectivity index (χ1v) is 3.04. The van der Waals surface area contributed by atoms with Crippen LogP contribution in [-0.2, 0) is 0 Å². The van der Waals surface area contributed by atoms with Crippen molar-refractivity contribution < 1.29 is 4.79 Å². The van der Waals surface area contributed by atoms with Gasteiger partial charge in [0.1, 0.15) is 0 Å². The molecule has 0 spiro atoms. The first-order chi connectivity index (χ1) is 4.57. The molecule has 0 saturated carbocycles. The Hall–Kier alpha value is -0.705. The molecule has 0 aromatic rings. The minimum absolute atomic E-state index is 0.183. The number of hydrogen-bond donors (Lipinski definition) is 2. The highest BCUT2D eigenvalue weighted by Crippen LogP contribution is 1.81. The van der Waals surface area contributed by atoms with Crippen LogP contribution in [-0.4, -0.2) is 38.9 Å². The highest BCUT2D eigenvalue weighted by atomic mass is 16.2. The number of nitrogens with zero attached hydrogens (tertiary/aromatic N) is 1. The molecule has 4 nitrogen and oxygen atoms in total. The summed E-state index contributed by atoms with van der Waals surface area (Å²) in [7, 11) is 8.66. The van der Waals surface area contributed by atoms with E-state index in [1.165, 1.54) is 5.01 Å². The van der Waals surface area contributed by atoms with E-state index in [9.17, 15) is 4.79 Å². The number of amides is 2. The molecule has 2 radical (unpaired) electrons. The van der Waals surface area contributed by atoms with Crippen molar-refractivity contribution in [2.75, 3.05) is 14.1 Å². The molecule has 5 heteroatoms. The van der Waals surface area contributed by atoms with Crippen molar-refractivity contribution >= 4 is 13.9 Å². The van der Waals surface area contributed by atoms with Crippen molar-refractivity contribution in [1.82, 2.24) is 15.8 Å². The van der Waals surface area contributed by atoms with Gasteiger partial charge in [0.05, 0.1) is 7.85 Å². The van der Waals surface area contributed by atoms with Gasteiger partial charge in [-0.2, -0.15) is 0 Å². The summed E-state index contributed by atoms with van der Waals surface area (Å²) in [6.45, 7) is 1.77. The number of hydrazine groups is 1. The highest BCUT2D eigenvalue weighted by molar-refractivity contribution is 6.11. The summed E-state index contributed by atoms with van der Waals surface area (Å²) in [4.78, 5) is 10.6. The number of urea groups is 1. The summed E-state index contributed by atoms with van der Waals surface area (Å²) in [6, 6.07) is -0.264. The van der Waals surface area contributed by atoms with E-state index in [1.807, 2.05) is 0 Å². The van der Waals surface area contributed by atoms with Crippen LogP contribution in [0.3, 0.4) is 0 Å². The molecule has 56 valence electrons. The lowest BCUT2D eigenvalue weighted by molar-refractivity contribution is 0.195. The van der Waals surface area contributed by atoms with Crippen molar-refractivity contribution in [1.29, 1.82) is 0 Å². The van der Waals surface area contributed by atoms with Crippen LogP contribution >= 0.6 is 0 Å². The summed E-state index contributed by atoms with van der Waals surface area (Å²) >= 11 is 0. The number of nitrogens with one attached hydrogen (secondary N) is 2. The van der Waals surface area contributed by atoms with Gasteiger partial charge in [0.2, 0.25) is 0 Å². The summed E-state index contributed by atoms with van der Waals surface area (Å²) in [5.74, 6) is -0.183. The van der Waals surface area contributed by atoms with Crippen LogP contribution in [0.2, 0.25) is 0 Å². The molecule has 2 amide bonds. The zero-order valence-corrected chi connectivity index (χ0v) is 6.51. The molecule has 10 heavy (non-hydrogen) atoms. The Morgan fingerprint density at radius 1 is 1.70 bits per heavy atom. The lowest BCUT2D eigenvalue weighted by atomic mass is 9.99. The molecular weight excluding hydrogens is 129 g/mol. The van der Waals surface area contributed by atoms with E-state index in [2.05, 4.69) is 10.7 Å². The van der Waals surface area contributed by atoms with E-state index in [0.29, 0.717) is 0 Å². The molecule has 0 heterocycles. The van der Waals surface area contributed by atoms with Gasteiger partial charge in [0.25, 0.3) is 0 Å². The largest absolute Gasteiger partial charge is 0.340 e. The van der Waals surface area contributed by atoms with Gasteiger partial charge in [-0.1, -0.05) is 6.92 Å². The Labute approximate surface area is 62.3 Å².